The van der Waals surface area contributed by atoms with E-state index in [-0.39, 0.29) is 24.3 Å². The van der Waals surface area contributed by atoms with Gasteiger partial charge in [-0.15, -0.1) is 0 Å². The van der Waals surface area contributed by atoms with Crippen molar-refractivity contribution in [3.05, 3.63) is 106 Å². The topological polar surface area (TPSA) is 49.4 Å². The molecule has 188 valence electrons. The first-order valence-corrected chi connectivity index (χ1v) is 13.3. The van der Waals surface area contributed by atoms with Gasteiger partial charge in [0.1, 0.15) is 6.04 Å². The van der Waals surface area contributed by atoms with E-state index < -0.39 is 6.04 Å². The minimum absolute atomic E-state index is 0.0599. The molecule has 4 nitrogen and oxygen atoms in total. The smallest absolute Gasteiger partial charge is 0.243 e. The number of rotatable bonds is 9. The summed E-state index contributed by atoms with van der Waals surface area (Å²) < 4.78 is 0. The monoisotopic (exact) mass is 502 g/mol. The molecule has 0 bridgehead atoms. The molecular formula is C31H35ClN2O2. The standard InChI is InChI=1S/C31H35ClN2O2/c1-23-9-8-12-26(19-23)21-30(35)34(22-25-15-17-27(32)18-16-25)29(20-24-10-4-2-5-11-24)31(36)33-28-13-6-3-7-14-28/h2,4-5,8-12,15-19,28-29H,3,6-7,13-14,20-22H2,1H3,(H,33,36). The van der Waals surface area contributed by atoms with Gasteiger partial charge in [-0.1, -0.05) is 103 Å². The number of carbonyl (C=O) groups is 2. The van der Waals surface area contributed by atoms with E-state index in [1.807, 2.05) is 85.8 Å². The van der Waals surface area contributed by atoms with E-state index in [4.69, 9.17) is 11.6 Å². The molecule has 5 heteroatoms. The summed E-state index contributed by atoms with van der Waals surface area (Å²) in [6.45, 7) is 2.37. The summed E-state index contributed by atoms with van der Waals surface area (Å²) in [5.41, 5.74) is 4.04. The molecule has 0 aliphatic heterocycles. The Balaban J connectivity index is 1.65. The third-order valence-electron chi connectivity index (χ3n) is 6.93. The van der Waals surface area contributed by atoms with Crippen LogP contribution in [0.25, 0.3) is 0 Å². The zero-order chi connectivity index (χ0) is 25.3. The molecule has 1 aliphatic carbocycles. The highest BCUT2D eigenvalue weighted by molar-refractivity contribution is 6.30. The van der Waals surface area contributed by atoms with E-state index in [0.717, 1.165) is 47.9 Å². The SMILES string of the molecule is Cc1cccc(CC(=O)N(Cc2ccc(Cl)cc2)C(Cc2ccccc2)C(=O)NC2CCCCC2)c1. The van der Waals surface area contributed by atoms with E-state index in [2.05, 4.69) is 5.32 Å². The molecule has 1 saturated carbocycles. The highest BCUT2D eigenvalue weighted by atomic mass is 35.5. The van der Waals surface area contributed by atoms with Gasteiger partial charge in [0.2, 0.25) is 11.8 Å². The molecule has 1 fully saturated rings. The van der Waals surface area contributed by atoms with Gasteiger partial charge in [-0.05, 0) is 48.6 Å². The Morgan fingerprint density at radius 2 is 1.58 bits per heavy atom. The molecule has 1 aliphatic rings. The van der Waals surface area contributed by atoms with Crippen molar-refractivity contribution >= 4 is 23.4 Å². The number of carbonyl (C=O) groups excluding carboxylic acids is 2. The quantitative estimate of drug-likeness (QED) is 0.374. The molecule has 1 atom stereocenters. The van der Waals surface area contributed by atoms with Crippen molar-refractivity contribution < 1.29 is 9.59 Å². The van der Waals surface area contributed by atoms with Gasteiger partial charge in [0.05, 0.1) is 6.42 Å². The van der Waals surface area contributed by atoms with Crippen LogP contribution in [0.1, 0.15) is 54.4 Å². The van der Waals surface area contributed by atoms with E-state index in [9.17, 15) is 9.59 Å². The zero-order valence-corrected chi connectivity index (χ0v) is 21.7. The lowest BCUT2D eigenvalue weighted by Gasteiger charge is -2.33. The number of nitrogens with zero attached hydrogens (tertiary/aromatic N) is 1. The van der Waals surface area contributed by atoms with Gasteiger partial charge in [-0.2, -0.15) is 0 Å². The lowest BCUT2D eigenvalue weighted by molar-refractivity contribution is -0.141. The second-order valence-electron chi connectivity index (χ2n) is 9.86. The third kappa shape index (κ3) is 7.44. The average Bonchev–Trinajstić information content (AvgIpc) is 2.88. The molecule has 0 spiro atoms. The summed E-state index contributed by atoms with van der Waals surface area (Å²) >= 11 is 6.12. The van der Waals surface area contributed by atoms with Crippen LogP contribution < -0.4 is 5.32 Å². The van der Waals surface area contributed by atoms with Gasteiger partial charge >= 0.3 is 0 Å². The minimum atomic E-state index is -0.609. The Morgan fingerprint density at radius 3 is 2.28 bits per heavy atom. The highest BCUT2D eigenvalue weighted by Gasteiger charge is 2.32. The second kappa shape index (κ2) is 12.7. The van der Waals surface area contributed by atoms with Gasteiger partial charge in [-0.3, -0.25) is 9.59 Å². The molecule has 2 amide bonds. The van der Waals surface area contributed by atoms with E-state index in [1.165, 1.54) is 6.42 Å². The Hall–Kier alpha value is -3.11. The maximum absolute atomic E-state index is 13.8. The van der Waals surface area contributed by atoms with Crippen LogP contribution in [0.3, 0.4) is 0 Å². The lowest BCUT2D eigenvalue weighted by Crippen LogP contribution is -2.53. The summed E-state index contributed by atoms with van der Waals surface area (Å²) in [5, 5.41) is 3.93. The predicted octanol–water partition coefficient (Wildman–Crippen LogP) is 6.28. The van der Waals surface area contributed by atoms with Crippen LogP contribution in [-0.4, -0.2) is 28.8 Å². The first-order chi connectivity index (χ1) is 17.5. The van der Waals surface area contributed by atoms with E-state index >= 15 is 0 Å². The Bertz CT molecular complexity index is 1140. The third-order valence-corrected chi connectivity index (χ3v) is 7.18. The van der Waals surface area contributed by atoms with Crippen molar-refractivity contribution in [1.82, 2.24) is 10.2 Å². The van der Waals surface area contributed by atoms with Crippen LogP contribution in [0, 0.1) is 6.92 Å². The number of hydrogen-bond donors (Lipinski definition) is 1. The van der Waals surface area contributed by atoms with Crippen molar-refractivity contribution in [2.45, 2.75) is 70.5 Å². The van der Waals surface area contributed by atoms with Crippen molar-refractivity contribution in [3.8, 4) is 0 Å². The van der Waals surface area contributed by atoms with Crippen LogP contribution in [0.5, 0.6) is 0 Å². The van der Waals surface area contributed by atoms with Crippen LogP contribution in [0.2, 0.25) is 5.02 Å². The fourth-order valence-corrected chi connectivity index (χ4v) is 5.11. The molecular weight excluding hydrogens is 468 g/mol. The lowest BCUT2D eigenvalue weighted by atomic mass is 9.94. The van der Waals surface area contributed by atoms with E-state index in [1.54, 1.807) is 4.90 Å². The summed E-state index contributed by atoms with van der Waals surface area (Å²) in [4.78, 5) is 29.4. The number of hydrogen-bond acceptors (Lipinski definition) is 2. The molecule has 0 heterocycles. The normalized spacial score (nSPS) is 14.7. The number of nitrogens with one attached hydrogen (secondary N) is 1. The van der Waals surface area contributed by atoms with Crippen LogP contribution in [0.4, 0.5) is 0 Å². The number of aryl methyl sites for hydroxylation is 1. The van der Waals surface area contributed by atoms with Crippen LogP contribution >= 0.6 is 11.6 Å². The first-order valence-electron chi connectivity index (χ1n) is 12.9. The molecule has 1 unspecified atom stereocenters. The number of halogens is 1. The van der Waals surface area contributed by atoms with Gasteiger partial charge < -0.3 is 10.2 Å². The largest absolute Gasteiger partial charge is 0.352 e. The van der Waals surface area contributed by atoms with Crippen molar-refractivity contribution in [1.29, 1.82) is 0 Å². The first kappa shape index (κ1) is 26.0. The maximum atomic E-state index is 13.8. The molecule has 3 aromatic carbocycles. The molecule has 0 aromatic heterocycles. The molecule has 1 N–H and O–H groups in total. The van der Waals surface area contributed by atoms with Gasteiger partial charge in [-0.25, -0.2) is 0 Å². The summed E-state index contributed by atoms with van der Waals surface area (Å²) in [6, 6.07) is 25.0. The second-order valence-corrected chi connectivity index (χ2v) is 10.3. The molecule has 4 rings (SSSR count). The Labute approximate surface area is 219 Å². The Morgan fingerprint density at radius 1 is 0.889 bits per heavy atom. The van der Waals surface area contributed by atoms with Crippen LogP contribution in [0.15, 0.2) is 78.9 Å². The maximum Gasteiger partial charge on any atom is 0.243 e. The fourth-order valence-electron chi connectivity index (χ4n) is 4.98. The van der Waals surface area contributed by atoms with Gasteiger partial charge in [0, 0.05) is 24.0 Å². The predicted molar refractivity (Wildman–Crippen MR) is 146 cm³/mol. The highest BCUT2D eigenvalue weighted by Crippen LogP contribution is 2.21. The van der Waals surface area contributed by atoms with E-state index in [0.29, 0.717) is 18.0 Å². The Kier molecular flexibility index (Phi) is 9.18. The molecule has 3 aromatic rings. The molecule has 0 radical (unpaired) electrons. The van der Waals surface area contributed by atoms with Crippen molar-refractivity contribution in [2.75, 3.05) is 0 Å². The average molecular weight is 503 g/mol. The minimum Gasteiger partial charge on any atom is -0.352 e. The fraction of sp³-hybridized carbons (Fsp3) is 0.355. The number of benzene rings is 3. The van der Waals surface area contributed by atoms with Gasteiger partial charge in [0.15, 0.2) is 0 Å². The van der Waals surface area contributed by atoms with Crippen molar-refractivity contribution in [2.24, 2.45) is 0 Å². The number of amides is 2. The van der Waals surface area contributed by atoms with Crippen molar-refractivity contribution in [3.63, 3.8) is 0 Å². The summed E-state index contributed by atoms with van der Waals surface area (Å²) in [7, 11) is 0. The summed E-state index contributed by atoms with van der Waals surface area (Å²) in [5.74, 6) is -0.132. The summed E-state index contributed by atoms with van der Waals surface area (Å²) in [6.07, 6.45) is 6.20. The molecule has 36 heavy (non-hydrogen) atoms. The molecule has 0 saturated heterocycles. The van der Waals surface area contributed by atoms with Crippen LogP contribution in [-0.2, 0) is 29.0 Å². The van der Waals surface area contributed by atoms with Gasteiger partial charge in [0.25, 0.3) is 0 Å². The zero-order valence-electron chi connectivity index (χ0n) is 21.0.